The predicted octanol–water partition coefficient (Wildman–Crippen LogP) is 4.47. The maximum Gasteiger partial charge on any atom is 0.308 e. The molecule has 3 aromatic rings. The number of carboxylic acid groups (broad SMARTS) is 1. The van der Waals surface area contributed by atoms with Crippen molar-refractivity contribution in [3.8, 4) is 5.75 Å². The predicted molar refractivity (Wildman–Crippen MR) is 131 cm³/mol. The minimum atomic E-state index is -1.06. The van der Waals surface area contributed by atoms with E-state index >= 15 is 0 Å². The highest BCUT2D eigenvalue weighted by Gasteiger charge is 2.34. The van der Waals surface area contributed by atoms with E-state index in [1.54, 1.807) is 47.5 Å². The smallest absolute Gasteiger partial charge is 0.308 e. The lowest BCUT2D eigenvalue weighted by Crippen LogP contribution is -2.44. The van der Waals surface area contributed by atoms with Gasteiger partial charge >= 0.3 is 5.97 Å². The first-order valence-corrected chi connectivity index (χ1v) is 13.1. The number of halogens is 1. The van der Waals surface area contributed by atoms with Crippen molar-refractivity contribution in [3.05, 3.63) is 47.4 Å². The molecule has 0 spiro atoms. The molecule has 182 valence electrons. The normalized spacial score (nSPS) is 19.9. The summed E-state index contributed by atoms with van der Waals surface area (Å²) in [6, 6.07) is 5.14. The van der Waals surface area contributed by atoms with Crippen LogP contribution in [0.3, 0.4) is 0 Å². The number of aliphatic carboxylic acids is 1. The number of benzene rings is 1. The molecular weight excluding hydrogens is 477 g/mol. The average Bonchev–Trinajstić information content (AvgIpc) is 3.36. The zero-order chi connectivity index (χ0) is 24.1. The fourth-order valence-electron chi connectivity index (χ4n) is 4.59. The van der Waals surface area contributed by atoms with Crippen LogP contribution in [0.1, 0.15) is 30.9 Å². The van der Waals surface area contributed by atoms with Crippen molar-refractivity contribution in [2.24, 2.45) is 11.8 Å². The number of pyridine rings is 1. The third kappa shape index (κ3) is 5.86. The maximum absolute atomic E-state index is 14.7. The summed E-state index contributed by atoms with van der Waals surface area (Å²) in [5.41, 5.74) is 0.760. The fraction of sp³-hybridized carbons (Fsp3) is 0.458. The number of fused-ring (bicyclic) bond motifs is 1. The average molecular weight is 506 g/mol. The second-order valence-corrected chi connectivity index (χ2v) is 10.7. The molecule has 1 fully saturated rings. The van der Waals surface area contributed by atoms with Crippen LogP contribution in [-0.2, 0) is 4.79 Å². The Labute approximate surface area is 206 Å². The van der Waals surface area contributed by atoms with Crippen LogP contribution < -0.4 is 4.74 Å². The van der Waals surface area contributed by atoms with Gasteiger partial charge in [-0.3, -0.25) is 9.78 Å². The van der Waals surface area contributed by atoms with Gasteiger partial charge in [-0.2, -0.15) is 0 Å². The molecule has 0 saturated carbocycles. The van der Waals surface area contributed by atoms with Crippen molar-refractivity contribution >= 4 is 40.0 Å². The molecule has 0 bridgehead atoms. The van der Waals surface area contributed by atoms with Crippen LogP contribution in [-0.4, -0.2) is 63.5 Å². The Morgan fingerprint density at radius 2 is 2.26 bits per heavy atom. The van der Waals surface area contributed by atoms with Gasteiger partial charge in [-0.05, 0) is 49.9 Å². The minimum Gasteiger partial charge on any atom is -0.497 e. The van der Waals surface area contributed by atoms with Gasteiger partial charge in [0.2, 0.25) is 0 Å². The number of piperidine rings is 1. The Kier molecular flexibility index (Phi) is 8.36. The molecule has 2 N–H and O–H groups in total. The molecule has 7 nitrogen and oxygen atoms in total. The Morgan fingerprint density at radius 1 is 1.41 bits per heavy atom. The highest BCUT2D eigenvalue weighted by Crippen LogP contribution is 2.35. The number of hydrogen-bond donors (Lipinski definition) is 2. The molecule has 0 amide bonds. The first kappa shape index (κ1) is 24.8. The third-order valence-corrected chi connectivity index (χ3v) is 8.36. The van der Waals surface area contributed by atoms with Crippen molar-refractivity contribution in [2.75, 3.05) is 32.5 Å². The molecule has 2 aromatic heterocycles. The summed E-state index contributed by atoms with van der Waals surface area (Å²) in [7, 11) is 1.53. The minimum absolute atomic E-state index is 0.0688. The number of thiazole rings is 1. The SMILES string of the molecule is COc1ccc2ncc(F)c([C@@H](O)CC[C@H]3CCN(CCSc4nccs4)C[C@H]3C(=O)O)c2c1. The van der Waals surface area contributed by atoms with E-state index in [9.17, 15) is 19.4 Å². The summed E-state index contributed by atoms with van der Waals surface area (Å²) in [6.45, 7) is 2.10. The fourth-order valence-corrected chi connectivity index (χ4v) is 6.30. The number of carboxylic acids is 1. The number of hydrogen-bond acceptors (Lipinski definition) is 8. The number of nitrogens with zero attached hydrogens (tertiary/aromatic N) is 3. The highest BCUT2D eigenvalue weighted by atomic mass is 32.2. The number of aliphatic hydroxyl groups excluding tert-OH is 1. The number of aliphatic hydroxyl groups is 1. The van der Waals surface area contributed by atoms with E-state index in [1.165, 1.54) is 7.11 Å². The molecule has 4 rings (SSSR count). The Morgan fingerprint density at radius 3 is 3.00 bits per heavy atom. The van der Waals surface area contributed by atoms with Crippen LogP contribution in [0, 0.1) is 17.7 Å². The van der Waals surface area contributed by atoms with E-state index in [4.69, 9.17) is 4.74 Å². The van der Waals surface area contributed by atoms with E-state index in [0.717, 1.165) is 35.8 Å². The first-order chi connectivity index (χ1) is 16.5. The second kappa shape index (κ2) is 11.4. The number of aromatic nitrogens is 2. The van der Waals surface area contributed by atoms with Crippen LogP contribution in [0.15, 0.2) is 40.3 Å². The van der Waals surface area contributed by atoms with Gasteiger partial charge in [0.05, 0.1) is 30.8 Å². The summed E-state index contributed by atoms with van der Waals surface area (Å²) in [4.78, 5) is 22.6. The molecular formula is C24H28FN3O4S2. The number of methoxy groups -OCH3 is 1. The molecule has 1 aliphatic heterocycles. The summed E-state index contributed by atoms with van der Waals surface area (Å²) in [6.07, 6.45) is 3.37. The topological polar surface area (TPSA) is 95.8 Å². The third-order valence-electron chi connectivity index (χ3n) is 6.41. The molecule has 0 radical (unpaired) electrons. The molecule has 34 heavy (non-hydrogen) atoms. The van der Waals surface area contributed by atoms with E-state index in [2.05, 4.69) is 14.9 Å². The van der Waals surface area contributed by atoms with Crippen LogP contribution in [0.5, 0.6) is 5.75 Å². The standard InChI is InChI=1S/C24H28FN3O4S2/c1-32-16-3-4-20-17(12-16)22(19(25)13-27-20)21(29)5-2-15-6-8-28(14-18(15)23(30)31)9-11-34-24-26-7-10-33-24/h3-4,7,10,12-13,15,18,21,29H,2,5-6,8-9,11,14H2,1H3,(H,30,31)/t15-,18+,21-/m0/s1. The number of ether oxygens (including phenoxy) is 1. The van der Waals surface area contributed by atoms with E-state index < -0.39 is 23.8 Å². The Hall–Kier alpha value is -2.27. The first-order valence-electron chi connectivity index (χ1n) is 11.2. The van der Waals surface area contributed by atoms with Gasteiger partial charge in [-0.25, -0.2) is 9.37 Å². The van der Waals surface area contributed by atoms with E-state index in [1.807, 2.05) is 5.38 Å². The largest absolute Gasteiger partial charge is 0.497 e. The van der Waals surface area contributed by atoms with Crippen molar-refractivity contribution in [3.63, 3.8) is 0 Å². The molecule has 10 heteroatoms. The van der Waals surface area contributed by atoms with E-state index in [-0.39, 0.29) is 17.9 Å². The monoisotopic (exact) mass is 505 g/mol. The molecule has 1 saturated heterocycles. The summed E-state index contributed by atoms with van der Waals surface area (Å²) in [5.74, 6) is -0.552. The van der Waals surface area contributed by atoms with Gasteiger partial charge in [-0.15, -0.1) is 11.3 Å². The second-order valence-electron chi connectivity index (χ2n) is 8.44. The van der Waals surface area contributed by atoms with Gasteiger partial charge in [-0.1, -0.05) is 11.8 Å². The maximum atomic E-state index is 14.7. The number of rotatable bonds is 10. The molecule has 0 aliphatic carbocycles. The lowest BCUT2D eigenvalue weighted by atomic mass is 9.81. The summed E-state index contributed by atoms with van der Waals surface area (Å²) < 4.78 is 20.9. The zero-order valence-electron chi connectivity index (χ0n) is 18.9. The lowest BCUT2D eigenvalue weighted by Gasteiger charge is -2.36. The van der Waals surface area contributed by atoms with Crippen molar-refractivity contribution in [2.45, 2.75) is 29.7 Å². The number of thioether (sulfide) groups is 1. The van der Waals surface area contributed by atoms with Crippen LogP contribution in [0.2, 0.25) is 0 Å². The van der Waals surface area contributed by atoms with Crippen LogP contribution in [0.4, 0.5) is 4.39 Å². The number of carbonyl (C=O) groups is 1. The van der Waals surface area contributed by atoms with Crippen molar-refractivity contribution in [1.29, 1.82) is 0 Å². The van der Waals surface area contributed by atoms with Gasteiger partial charge in [0, 0.05) is 41.4 Å². The van der Waals surface area contributed by atoms with Crippen molar-refractivity contribution in [1.82, 2.24) is 14.9 Å². The molecule has 0 unspecified atom stereocenters. The highest BCUT2D eigenvalue weighted by molar-refractivity contribution is 8.01. The quantitative estimate of drug-likeness (QED) is 0.390. The number of likely N-dealkylation sites (tertiary alicyclic amines) is 1. The van der Waals surface area contributed by atoms with Gasteiger partial charge in [0.15, 0.2) is 0 Å². The lowest BCUT2D eigenvalue weighted by molar-refractivity contribution is -0.146. The Bertz CT molecular complexity index is 1120. The zero-order valence-corrected chi connectivity index (χ0v) is 20.5. The van der Waals surface area contributed by atoms with Gasteiger partial charge in [0.1, 0.15) is 15.9 Å². The van der Waals surface area contributed by atoms with Gasteiger partial charge in [0.25, 0.3) is 0 Å². The molecule has 1 aliphatic rings. The molecule has 3 atom stereocenters. The van der Waals surface area contributed by atoms with Crippen LogP contribution >= 0.6 is 23.1 Å². The molecule has 3 heterocycles. The van der Waals surface area contributed by atoms with E-state index in [0.29, 0.717) is 29.6 Å². The van der Waals surface area contributed by atoms with Gasteiger partial charge < -0.3 is 19.8 Å². The Balaban J connectivity index is 1.38. The van der Waals surface area contributed by atoms with Crippen LogP contribution in [0.25, 0.3) is 10.9 Å². The molecule has 1 aromatic carbocycles. The summed E-state index contributed by atoms with van der Waals surface area (Å²) >= 11 is 3.29. The summed E-state index contributed by atoms with van der Waals surface area (Å²) in [5, 5.41) is 23.2. The van der Waals surface area contributed by atoms with Crippen molar-refractivity contribution < 1.29 is 24.1 Å².